The van der Waals surface area contributed by atoms with Gasteiger partial charge in [0.15, 0.2) is 5.75 Å². The van der Waals surface area contributed by atoms with Crippen LogP contribution in [0.25, 0.3) is 0 Å². The van der Waals surface area contributed by atoms with Gasteiger partial charge in [-0.25, -0.2) is 0 Å². The summed E-state index contributed by atoms with van der Waals surface area (Å²) in [5.74, 6) is 0.190. The SMILES string of the molecule is Cl.NC[C@H]1CC[C@@H](C(=O)NCCOc2c(Cl)cc(Cl)cc2Cl)O1. The molecule has 1 amide bonds. The fourth-order valence-corrected chi connectivity index (χ4v) is 3.11. The van der Waals surface area contributed by atoms with Crippen molar-refractivity contribution in [2.75, 3.05) is 19.7 Å². The van der Waals surface area contributed by atoms with E-state index in [0.29, 0.717) is 40.3 Å². The van der Waals surface area contributed by atoms with E-state index in [1.54, 1.807) is 12.1 Å². The molecule has 1 heterocycles. The first-order chi connectivity index (χ1) is 10.5. The Balaban J connectivity index is 0.00000264. The Morgan fingerprint density at radius 3 is 2.52 bits per heavy atom. The molecule has 0 aliphatic carbocycles. The van der Waals surface area contributed by atoms with Crippen molar-refractivity contribution < 1.29 is 14.3 Å². The molecule has 5 nitrogen and oxygen atoms in total. The molecule has 1 aromatic carbocycles. The summed E-state index contributed by atoms with van der Waals surface area (Å²) >= 11 is 17.8. The van der Waals surface area contributed by atoms with E-state index in [-0.39, 0.29) is 31.0 Å². The smallest absolute Gasteiger partial charge is 0.249 e. The molecule has 23 heavy (non-hydrogen) atoms. The fourth-order valence-electron chi connectivity index (χ4n) is 2.18. The molecule has 0 aromatic heterocycles. The van der Waals surface area contributed by atoms with Crippen molar-refractivity contribution in [3.8, 4) is 5.75 Å². The molecule has 1 aliphatic heterocycles. The zero-order valence-corrected chi connectivity index (χ0v) is 15.3. The first kappa shape index (κ1) is 20.6. The summed E-state index contributed by atoms with van der Waals surface area (Å²) in [5.41, 5.74) is 5.51. The Kier molecular flexibility index (Phi) is 8.75. The molecule has 2 rings (SSSR count). The van der Waals surface area contributed by atoms with Gasteiger partial charge in [0.25, 0.3) is 0 Å². The van der Waals surface area contributed by atoms with Crippen LogP contribution in [0.1, 0.15) is 12.8 Å². The lowest BCUT2D eigenvalue weighted by Gasteiger charge is -2.14. The maximum Gasteiger partial charge on any atom is 0.249 e. The van der Waals surface area contributed by atoms with E-state index in [0.717, 1.165) is 6.42 Å². The van der Waals surface area contributed by atoms with Crippen molar-refractivity contribution in [2.24, 2.45) is 5.73 Å². The number of ether oxygens (including phenoxy) is 2. The highest BCUT2D eigenvalue weighted by atomic mass is 35.5. The molecule has 130 valence electrons. The molecular weight excluding hydrogens is 386 g/mol. The zero-order valence-electron chi connectivity index (χ0n) is 12.2. The van der Waals surface area contributed by atoms with Crippen LogP contribution < -0.4 is 15.8 Å². The summed E-state index contributed by atoms with van der Waals surface area (Å²) < 4.78 is 11.0. The average molecular weight is 404 g/mol. The second-order valence-corrected chi connectivity index (χ2v) is 6.15. The molecule has 1 aliphatic rings. The van der Waals surface area contributed by atoms with Gasteiger partial charge in [-0.15, -0.1) is 12.4 Å². The lowest BCUT2D eigenvalue weighted by atomic mass is 10.2. The molecular formula is C14H18Cl4N2O3. The van der Waals surface area contributed by atoms with Crippen LogP contribution in [0.2, 0.25) is 15.1 Å². The van der Waals surface area contributed by atoms with E-state index in [1.165, 1.54) is 0 Å². The van der Waals surface area contributed by atoms with Crippen molar-refractivity contribution in [2.45, 2.75) is 25.0 Å². The molecule has 3 N–H and O–H groups in total. The maximum atomic E-state index is 11.9. The average Bonchev–Trinajstić information content (AvgIpc) is 2.94. The number of rotatable bonds is 6. The molecule has 0 saturated carbocycles. The molecule has 0 spiro atoms. The van der Waals surface area contributed by atoms with Gasteiger partial charge in [0.2, 0.25) is 5.91 Å². The predicted molar refractivity (Wildman–Crippen MR) is 94.2 cm³/mol. The maximum absolute atomic E-state index is 11.9. The second kappa shape index (κ2) is 9.77. The molecule has 1 aromatic rings. The van der Waals surface area contributed by atoms with Crippen molar-refractivity contribution in [3.05, 3.63) is 27.2 Å². The van der Waals surface area contributed by atoms with E-state index >= 15 is 0 Å². The van der Waals surface area contributed by atoms with Gasteiger partial charge in [-0.05, 0) is 25.0 Å². The van der Waals surface area contributed by atoms with Crippen LogP contribution in [0.3, 0.4) is 0 Å². The molecule has 0 radical (unpaired) electrons. The number of hydrogen-bond acceptors (Lipinski definition) is 4. The lowest BCUT2D eigenvalue weighted by Crippen LogP contribution is -2.37. The topological polar surface area (TPSA) is 73.6 Å². The summed E-state index contributed by atoms with van der Waals surface area (Å²) in [6, 6.07) is 3.09. The highest BCUT2D eigenvalue weighted by Gasteiger charge is 2.29. The van der Waals surface area contributed by atoms with Gasteiger partial charge >= 0.3 is 0 Å². The first-order valence-electron chi connectivity index (χ1n) is 6.92. The fraction of sp³-hybridized carbons (Fsp3) is 0.500. The Hall–Kier alpha value is -0.430. The minimum atomic E-state index is -0.434. The Morgan fingerprint density at radius 1 is 1.30 bits per heavy atom. The first-order valence-corrected chi connectivity index (χ1v) is 8.05. The van der Waals surface area contributed by atoms with Gasteiger partial charge in [-0.3, -0.25) is 4.79 Å². The summed E-state index contributed by atoms with van der Waals surface area (Å²) in [6.45, 7) is 0.988. The number of nitrogens with two attached hydrogens (primary N) is 1. The van der Waals surface area contributed by atoms with Crippen LogP contribution in [0, 0.1) is 0 Å². The quantitative estimate of drug-likeness (QED) is 0.715. The van der Waals surface area contributed by atoms with Crippen LogP contribution in [0.4, 0.5) is 0 Å². The third kappa shape index (κ3) is 5.85. The number of hydrogen-bond donors (Lipinski definition) is 2. The minimum absolute atomic E-state index is 0. The van der Waals surface area contributed by atoms with Crippen LogP contribution in [0.5, 0.6) is 5.75 Å². The minimum Gasteiger partial charge on any atom is -0.489 e. The predicted octanol–water partition coefficient (Wildman–Crippen LogP) is 3.07. The van der Waals surface area contributed by atoms with E-state index < -0.39 is 6.10 Å². The molecule has 0 unspecified atom stereocenters. The molecule has 0 bridgehead atoms. The molecule has 1 saturated heterocycles. The summed E-state index contributed by atoms with van der Waals surface area (Å²) in [7, 11) is 0. The van der Waals surface area contributed by atoms with Gasteiger partial charge < -0.3 is 20.5 Å². The van der Waals surface area contributed by atoms with Gasteiger partial charge in [0.05, 0.1) is 22.7 Å². The Morgan fingerprint density at radius 2 is 1.96 bits per heavy atom. The number of carbonyl (C=O) groups is 1. The Bertz CT molecular complexity index is 522. The number of nitrogens with one attached hydrogen (secondary N) is 1. The number of carbonyl (C=O) groups excluding carboxylic acids is 1. The van der Waals surface area contributed by atoms with E-state index in [4.69, 9.17) is 50.0 Å². The number of halogens is 4. The largest absolute Gasteiger partial charge is 0.489 e. The highest BCUT2D eigenvalue weighted by molar-refractivity contribution is 6.40. The summed E-state index contributed by atoms with van der Waals surface area (Å²) in [4.78, 5) is 11.9. The normalized spacial score (nSPS) is 20.0. The number of amides is 1. The van der Waals surface area contributed by atoms with Crippen LogP contribution in [0.15, 0.2) is 12.1 Å². The van der Waals surface area contributed by atoms with Gasteiger partial charge in [-0.2, -0.15) is 0 Å². The van der Waals surface area contributed by atoms with Crippen molar-refractivity contribution in [3.63, 3.8) is 0 Å². The van der Waals surface area contributed by atoms with Crippen molar-refractivity contribution in [1.82, 2.24) is 5.32 Å². The molecule has 2 atom stereocenters. The lowest BCUT2D eigenvalue weighted by molar-refractivity contribution is -0.131. The van der Waals surface area contributed by atoms with Crippen molar-refractivity contribution in [1.29, 1.82) is 0 Å². The van der Waals surface area contributed by atoms with Gasteiger partial charge in [0.1, 0.15) is 12.7 Å². The van der Waals surface area contributed by atoms with Crippen LogP contribution in [-0.2, 0) is 9.53 Å². The standard InChI is InChI=1S/C14H17Cl3N2O3.ClH/c15-8-5-10(16)13(11(17)6-8)21-4-3-19-14(20)12-2-1-9(7-18)22-12;/h5-6,9,12H,1-4,7,18H2,(H,19,20);1H/t9-,12+;/m1./s1. The van der Waals surface area contributed by atoms with E-state index in [1.807, 2.05) is 0 Å². The summed E-state index contributed by atoms with van der Waals surface area (Å²) in [6.07, 6.45) is 1.03. The van der Waals surface area contributed by atoms with Crippen LogP contribution in [-0.4, -0.2) is 37.8 Å². The third-order valence-corrected chi connectivity index (χ3v) is 4.05. The monoisotopic (exact) mass is 402 g/mol. The molecule has 1 fully saturated rings. The number of benzene rings is 1. The van der Waals surface area contributed by atoms with Crippen LogP contribution >= 0.6 is 47.2 Å². The highest BCUT2D eigenvalue weighted by Crippen LogP contribution is 2.35. The van der Waals surface area contributed by atoms with Gasteiger partial charge in [-0.1, -0.05) is 34.8 Å². The molecule has 9 heteroatoms. The second-order valence-electron chi connectivity index (χ2n) is 4.90. The third-order valence-electron chi connectivity index (χ3n) is 3.27. The van der Waals surface area contributed by atoms with Crippen molar-refractivity contribution >= 4 is 53.1 Å². The van der Waals surface area contributed by atoms with Gasteiger partial charge in [0, 0.05) is 11.6 Å². The van der Waals surface area contributed by atoms with E-state index in [2.05, 4.69) is 5.32 Å². The van der Waals surface area contributed by atoms with E-state index in [9.17, 15) is 4.79 Å². The zero-order chi connectivity index (χ0) is 16.1. The Labute approximate surface area is 156 Å². The summed E-state index contributed by atoms with van der Waals surface area (Å²) in [5, 5.41) is 3.84.